The van der Waals surface area contributed by atoms with Gasteiger partial charge in [-0.3, -0.25) is 0 Å². The molecular weight excluding hydrogens is 441 g/mol. The first-order chi connectivity index (χ1) is 15.0. The van der Waals surface area contributed by atoms with Crippen molar-refractivity contribution in [1.82, 2.24) is 14.5 Å². The average molecular weight is 463 g/mol. The van der Waals surface area contributed by atoms with E-state index in [2.05, 4.69) is 10.2 Å². The van der Waals surface area contributed by atoms with Crippen LogP contribution in [0.25, 0.3) is 0 Å². The third kappa shape index (κ3) is 3.45. The molecule has 4 rings (SSSR count). The maximum Gasteiger partial charge on any atom is 0.434 e. The molecule has 1 unspecified atom stereocenters. The lowest BCUT2D eigenvalue weighted by Gasteiger charge is -2.40. The highest BCUT2D eigenvalue weighted by Gasteiger charge is 2.45. The predicted molar refractivity (Wildman–Crippen MR) is 113 cm³/mol. The number of aromatic nitrogens is 2. The minimum absolute atomic E-state index is 0.0828. The lowest BCUT2D eigenvalue weighted by Crippen LogP contribution is -2.49. The minimum atomic E-state index is -4.20. The van der Waals surface area contributed by atoms with Gasteiger partial charge in [-0.1, -0.05) is 6.07 Å². The molecule has 10 nitrogen and oxygen atoms in total. The van der Waals surface area contributed by atoms with Crippen molar-refractivity contribution in [3.63, 3.8) is 0 Å². The normalized spacial score (nSPS) is 17.7. The van der Waals surface area contributed by atoms with E-state index < -0.39 is 33.7 Å². The molecule has 12 heteroatoms. The first-order valence-electron chi connectivity index (χ1n) is 9.65. The van der Waals surface area contributed by atoms with E-state index in [-0.39, 0.29) is 34.5 Å². The number of rotatable bonds is 4. The van der Waals surface area contributed by atoms with Gasteiger partial charge in [0.2, 0.25) is 15.9 Å². The maximum absolute atomic E-state index is 14.9. The Balaban J connectivity index is 1.92. The standard InChI is InChI=1S/C20H22FN5O5S/c1-10-4-6-13(21)16(11(10)2)17(22)18(19-23-24-20(28)31-19)26-9-25(3)14-8-12(27)5-7-15(14)32(26,29)30/h4-8,17-18,27H,9,22H2,1-3H3,(H,24,28)/t17?,18-/m0/s1. The topological polar surface area (TPSA) is 146 Å². The molecule has 0 spiro atoms. The molecule has 1 aliphatic heterocycles. The number of phenols is 1. The van der Waals surface area contributed by atoms with Gasteiger partial charge in [-0.2, -0.15) is 4.31 Å². The summed E-state index contributed by atoms with van der Waals surface area (Å²) in [6.07, 6.45) is 0. The fourth-order valence-electron chi connectivity index (χ4n) is 3.94. The summed E-state index contributed by atoms with van der Waals surface area (Å²) in [4.78, 5) is 13.2. The molecule has 2 heterocycles. The molecule has 32 heavy (non-hydrogen) atoms. The van der Waals surface area contributed by atoms with Crippen LogP contribution in [-0.2, 0) is 10.0 Å². The van der Waals surface area contributed by atoms with Gasteiger partial charge in [0.15, 0.2) is 0 Å². The van der Waals surface area contributed by atoms with Crippen molar-refractivity contribution in [2.24, 2.45) is 5.73 Å². The Morgan fingerprint density at radius 3 is 2.66 bits per heavy atom. The number of hydrogen-bond acceptors (Lipinski definition) is 8. The molecule has 4 N–H and O–H groups in total. The predicted octanol–water partition coefficient (Wildman–Crippen LogP) is 1.66. The summed E-state index contributed by atoms with van der Waals surface area (Å²) in [6.45, 7) is 3.25. The smallest absolute Gasteiger partial charge is 0.434 e. The fraction of sp³-hybridized carbons (Fsp3) is 0.300. The second-order valence-corrected chi connectivity index (χ2v) is 9.57. The number of hydrogen-bond donors (Lipinski definition) is 3. The van der Waals surface area contributed by atoms with Crippen LogP contribution >= 0.6 is 0 Å². The van der Waals surface area contributed by atoms with E-state index >= 15 is 0 Å². The summed E-state index contributed by atoms with van der Waals surface area (Å²) in [5, 5.41) is 15.7. The van der Waals surface area contributed by atoms with Crippen LogP contribution in [0.5, 0.6) is 5.75 Å². The number of halogens is 1. The molecule has 3 aromatic rings. The first-order valence-corrected chi connectivity index (χ1v) is 11.1. The second kappa shape index (κ2) is 7.73. The van der Waals surface area contributed by atoms with Crippen molar-refractivity contribution in [3.8, 4) is 5.75 Å². The Bertz CT molecular complexity index is 1350. The van der Waals surface area contributed by atoms with Crippen molar-refractivity contribution in [3.05, 3.63) is 69.3 Å². The van der Waals surface area contributed by atoms with Gasteiger partial charge in [0.05, 0.1) is 18.4 Å². The summed E-state index contributed by atoms with van der Waals surface area (Å²) in [5.41, 5.74) is 8.16. The van der Waals surface area contributed by atoms with E-state index in [1.54, 1.807) is 31.9 Å². The van der Waals surface area contributed by atoms with E-state index in [0.717, 1.165) is 9.87 Å². The quantitative estimate of drug-likeness (QED) is 0.530. The number of anilines is 1. The van der Waals surface area contributed by atoms with Crippen LogP contribution in [0.4, 0.5) is 10.1 Å². The van der Waals surface area contributed by atoms with Crippen molar-refractivity contribution in [2.75, 3.05) is 18.6 Å². The highest BCUT2D eigenvalue weighted by molar-refractivity contribution is 7.89. The lowest BCUT2D eigenvalue weighted by molar-refractivity contribution is 0.232. The van der Waals surface area contributed by atoms with Gasteiger partial charge < -0.3 is 20.2 Å². The second-order valence-electron chi connectivity index (χ2n) is 7.71. The zero-order valence-electron chi connectivity index (χ0n) is 17.5. The Hall–Kier alpha value is -3.22. The molecule has 1 aromatic heterocycles. The van der Waals surface area contributed by atoms with Crippen LogP contribution in [0.1, 0.15) is 34.7 Å². The van der Waals surface area contributed by atoms with Gasteiger partial charge in [0, 0.05) is 18.7 Å². The fourth-order valence-corrected chi connectivity index (χ4v) is 5.76. The molecule has 1 aliphatic rings. The lowest BCUT2D eigenvalue weighted by atomic mass is 9.92. The number of benzene rings is 2. The van der Waals surface area contributed by atoms with E-state index in [1.165, 1.54) is 24.3 Å². The van der Waals surface area contributed by atoms with Crippen LogP contribution in [0, 0.1) is 19.7 Å². The van der Waals surface area contributed by atoms with Crippen molar-refractivity contribution in [1.29, 1.82) is 0 Å². The van der Waals surface area contributed by atoms with Crippen molar-refractivity contribution >= 4 is 15.7 Å². The van der Waals surface area contributed by atoms with Crippen LogP contribution < -0.4 is 16.4 Å². The highest BCUT2D eigenvalue weighted by atomic mass is 32.2. The molecule has 0 saturated carbocycles. The molecule has 2 aromatic carbocycles. The van der Waals surface area contributed by atoms with Gasteiger partial charge >= 0.3 is 5.76 Å². The number of aromatic hydroxyl groups is 1. The number of nitrogens with one attached hydrogen (secondary N) is 1. The highest BCUT2D eigenvalue weighted by Crippen LogP contribution is 2.42. The van der Waals surface area contributed by atoms with E-state index in [0.29, 0.717) is 5.56 Å². The molecule has 0 bridgehead atoms. The Labute approximate surface area is 183 Å². The van der Waals surface area contributed by atoms with Gasteiger partial charge in [0.1, 0.15) is 22.5 Å². The number of aromatic amines is 1. The number of fused-ring (bicyclic) bond motifs is 1. The number of H-pyrrole nitrogens is 1. The van der Waals surface area contributed by atoms with Crippen LogP contribution in [-0.4, -0.2) is 41.7 Å². The van der Waals surface area contributed by atoms with Crippen molar-refractivity contribution < 1.29 is 22.3 Å². The number of sulfonamides is 1. The van der Waals surface area contributed by atoms with E-state index in [4.69, 9.17) is 10.2 Å². The van der Waals surface area contributed by atoms with Gasteiger partial charge in [-0.15, -0.1) is 5.10 Å². The Morgan fingerprint density at radius 1 is 1.28 bits per heavy atom. The number of nitrogens with two attached hydrogens (primary N) is 1. The molecule has 2 atom stereocenters. The molecule has 0 radical (unpaired) electrons. The van der Waals surface area contributed by atoms with Crippen LogP contribution in [0.15, 0.2) is 44.4 Å². The van der Waals surface area contributed by atoms with E-state index in [9.17, 15) is 22.7 Å². The number of aryl methyl sites for hydroxylation is 1. The SMILES string of the molecule is Cc1ccc(F)c(C(N)[C@@H](c2n[nH]c(=O)o2)N2CN(C)c3cc(O)ccc3S2(=O)=O)c1C. The van der Waals surface area contributed by atoms with E-state index in [1.807, 2.05) is 0 Å². The minimum Gasteiger partial charge on any atom is -0.508 e. The Morgan fingerprint density at radius 2 is 2.00 bits per heavy atom. The third-order valence-corrected chi connectivity index (χ3v) is 7.58. The molecule has 170 valence electrons. The largest absolute Gasteiger partial charge is 0.508 e. The average Bonchev–Trinajstić information content (AvgIpc) is 3.15. The molecule has 0 amide bonds. The summed E-state index contributed by atoms with van der Waals surface area (Å²) >= 11 is 0. The van der Waals surface area contributed by atoms with Gasteiger partial charge in [0.25, 0.3) is 0 Å². The molecule has 0 fully saturated rings. The molecule has 0 aliphatic carbocycles. The third-order valence-electron chi connectivity index (χ3n) is 5.72. The number of phenolic OH excluding ortho intramolecular Hbond substituents is 1. The van der Waals surface area contributed by atoms with Crippen LogP contribution in [0.3, 0.4) is 0 Å². The summed E-state index contributed by atoms with van der Waals surface area (Å²) < 4.78 is 48.1. The zero-order chi connectivity index (χ0) is 23.4. The maximum atomic E-state index is 14.9. The molecular formula is C20H22FN5O5S. The summed E-state index contributed by atoms with van der Waals surface area (Å²) in [6, 6.07) is 4.12. The number of nitrogens with zero attached hydrogens (tertiary/aromatic N) is 3. The zero-order valence-corrected chi connectivity index (χ0v) is 18.4. The van der Waals surface area contributed by atoms with Crippen LogP contribution in [0.2, 0.25) is 0 Å². The monoisotopic (exact) mass is 463 g/mol. The molecule has 0 saturated heterocycles. The first kappa shape index (κ1) is 22.0. The summed E-state index contributed by atoms with van der Waals surface area (Å²) in [7, 11) is -2.57. The van der Waals surface area contributed by atoms with Gasteiger partial charge in [-0.05, 0) is 43.2 Å². The Kier molecular flexibility index (Phi) is 5.31. The van der Waals surface area contributed by atoms with Gasteiger partial charge in [-0.25, -0.2) is 22.7 Å². The summed E-state index contributed by atoms with van der Waals surface area (Å²) in [5.74, 6) is -1.89. The van der Waals surface area contributed by atoms with Crippen molar-refractivity contribution in [2.45, 2.75) is 30.8 Å².